The summed E-state index contributed by atoms with van der Waals surface area (Å²) in [6, 6.07) is 4.05. The van der Waals surface area contributed by atoms with E-state index in [1.165, 1.54) is 0 Å². The molecule has 19 heavy (non-hydrogen) atoms. The van der Waals surface area contributed by atoms with Crippen LogP contribution in [-0.4, -0.2) is 19.7 Å². The van der Waals surface area contributed by atoms with Crippen molar-refractivity contribution in [3.8, 4) is 5.75 Å². The predicted molar refractivity (Wildman–Crippen MR) is 86.0 cm³/mol. The molecule has 1 atom stereocenters. The van der Waals surface area contributed by atoms with Gasteiger partial charge in [-0.1, -0.05) is 24.9 Å². The topological polar surface area (TPSA) is 21.3 Å². The van der Waals surface area contributed by atoms with Crippen LogP contribution in [-0.2, 0) is 0 Å². The summed E-state index contributed by atoms with van der Waals surface area (Å²) in [5.74, 6) is 0.934. The van der Waals surface area contributed by atoms with E-state index in [4.69, 9.17) is 16.3 Å². The molecular weight excluding hydrogens is 281 g/mol. The third-order valence-corrected chi connectivity index (χ3v) is 3.64. The van der Waals surface area contributed by atoms with E-state index in [2.05, 4.69) is 12.2 Å². The summed E-state index contributed by atoms with van der Waals surface area (Å²) >= 11 is 6.17. The van der Waals surface area contributed by atoms with Crippen LogP contribution in [0.2, 0.25) is 5.02 Å². The Kier molecular flexibility index (Phi) is 9.24. The van der Waals surface area contributed by atoms with E-state index in [1.54, 1.807) is 0 Å². The molecule has 0 aromatic heterocycles. The molecule has 0 heterocycles. The molecule has 1 rings (SSSR count). The van der Waals surface area contributed by atoms with Gasteiger partial charge in [0.1, 0.15) is 5.75 Å². The summed E-state index contributed by atoms with van der Waals surface area (Å²) in [7, 11) is 1.97. The molecule has 0 aliphatic carbocycles. The van der Waals surface area contributed by atoms with Crippen molar-refractivity contribution in [3.63, 3.8) is 0 Å². The zero-order chi connectivity index (χ0) is 13.5. The highest BCUT2D eigenvalue weighted by atomic mass is 35.5. The maximum Gasteiger partial charge on any atom is 0.120 e. The third-order valence-electron chi connectivity index (χ3n) is 3.04. The van der Waals surface area contributed by atoms with Crippen molar-refractivity contribution in [1.29, 1.82) is 0 Å². The second kappa shape index (κ2) is 9.46. The summed E-state index contributed by atoms with van der Waals surface area (Å²) in [5.41, 5.74) is 2.16. The van der Waals surface area contributed by atoms with E-state index in [-0.39, 0.29) is 18.5 Å². The standard InChI is InChI=1S/C15H24ClNO.ClH/c1-5-6-13(7-8-17-4)18-14-9-11(2)15(16)12(3)10-14;/h9-10,13,17H,5-8H2,1-4H3;1H. The van der Waals surface area contributed by atoms with Gasteiger partial charge >= 0.3 is 0 Å². The highest BCUT2D eigenvalue weighted by Crippen LogP contribution is 2.27. The van der Waals surface area contributed by atoms with Gasteiger partial charge in [0, 0.05) is 5.02 Å². The largest absolute Gasteiger partial charge is 0.490 e. The van der Waals surface area contributed by atoms with Gasteiger partial charge in [-0.05, 0) is 63.5 Å². The number of benzene rings is 1. The normalized spacial score (nSPS) is 11.8. The molecule has 0 saturated carbocycles. The molecule has 0 spiro atoms. The van der Waals surface area contributed by atoms with Crippen molar-refractivity contribution in [2.45, 2.75) is 46.1 Å². The molecule has 0 saturated heterocycles. The zero-order valence-corrected chi connectivity index (χ0v) is 13.8. The second-order valence-corrected chi connectivity index (χ2v) is 5.17. The van der Waals surface area contributed by atoms with E-state index in [0.717, 1.165) is 47.7 Å². The zero-order valence-electron chi connectivity index (χ0n) is 12.3. The van der Waals surface area contributed by atoms with Gasteiger partial charge in [0.15, 0.2) is 0 Å². The van der Waals surface area contributed by atoms with E-state index in [1.807, 2.05) is 33.0 Å². The minimum absolute atomic E-state index is 0. The fourth-order valence-electron chi connectivity index (χ4n) is 2.06. The number of hydrogen-bond donors (Lipinski definition) is 1. The minimum atomic E-state index is 0. The molecule has 110 valence electrons. The van der Waals surface area contributed by atoms with Crippen LogP contribution < -0.4 is 10.1 Å². The Morgan fingerprint density at radius 1 is 1.21 bits per heavy atom. The van der Waals surface area contributed by atoms with Crippen LogP contribution in [0.4, 0.5) is 0 Å². The van der Waals surface area contributed by atoms with E-state index in [0.29, 0.717) is 0 Å². The lowest BCUT2D eigenvalue weighted by molar-refractivity contribution is 0.180. The lowest BCUT2D eigenvalue weighted by Crippen LogP contribution is -2.22. The molecule has 1 N–H and O–H groups in total. The number of hydrogen-bond acceptors (Lipinski definition) is 2. The third kappa shape index (κ3) is 6.03. The molecular formula is C15H25Cl2NO. The van der Waals surface area contributed by atoms with Gasteiger partial charge in [-0.15, -0.1) is 12.4 Å². The lowest BCUT2D eigenvalue weighted by Gasteiger charge is -2.19. The minimum Gasteiger partial charge on any atom is -0.490 e. The summed E-state index contributed by atoms with van der Waals surface area (Å²) < 4.78 is 6.07. The van der Waals surface area contributed by atoms with Gasteiger partial charge < -0.3 is 10.1 Å². The van der Waals surface area contributed by atoms with Gasteiger partial charge in [0.25, 0.3) is 0 Å². The van der Waals surface area contributed by atoms with Crippen LogP contribution in [0.5, 0.6) is 5.75 Å². The van der Waals surface area contributed by atoms with Crippen molar-refractivity contribution in [1.82, 2.24) is 5.32 Å². The first kappa shape index (κ1) is 18.6. The summed E-state index contributed by atoms with van der Waals surface area (Å²) in [4.78, 5) is 0. The van der Waals surface area contributed by atoms with Crippen LogP contribution in [0, 0.1) is 13.8 Å². The molecule has 0 bridgehead atoms. The Bertz CT molecular complexity index is 359. The van der Waals surface area contributed by atoms with Crippen molar-refractivity contribution >= 4 is 24.0 Å². The van der Waals surface area contributed by atoms with Crippen LogP contribution in [0.25, 0.3) is 0 Å². The molecule has 4 heteroatoms. The number of rotatable bonds is 7. The van der Waals surface area contributed by atoms with E-state index < -0.39 is 0 Å². The van der Waals surface area contributed by atoms with Gasteiger partial charge in [-0.25, -0.2) is 0 Å². The van der Waals surface area contributed by atoms with Crippen molar-refractivity contribution < 1.29 is 4.74 Å². The average Bonchev–Trinajstić information content (AvgIpc) is 2.33. The van der Waals surface area contributed by atoms with E-state index in [9.17, 15) is 0 Å². The van der Waals surface area contributed by atoms with Gasteiger partial charge in [0.05, 0.1) is 6.10 Å². The Balaban J connectivity index is 0.00000324. The predicted octanol–water partition coefficient (Wildman–Crippen LogP) is 4.54. The first-order valence-electron chi connectivity index (χ1n) is 6.66. The molecule has 0 amide bonds. The highest BCUT2D eigenvalue weighted by molar-refractivity contribution is 6.32. The summed E-state index contributed by atoms with van der Waals surface area (Å²) in [6.45, 7) is 7.21. The fourth-order valence-corrected chi connectivity index (χ4v) is 2.17. The molecule has 2 nitrogen and oxygen atoms in total. The number of aryl methyl sites for hydroxylation is 2. The van der Waals surface area contributed by atoms with Crippen LogP contribution >= 0.6 is 24.0 Å². The van der Waals surface area contributed by atoms with Crippen molar-refractivity contribution in [2.75, 3.05) is 13.6 Å². The quantitative estimate of drug-likeness (QED) is 0.799. The van der Waals surface area contributed by atoms with Crippen LogP contribution in [0.3, 0.4) is 0 Å². The van der Waals surface area contributed by atoms with Crippen molar-refractivity contribution in [2.24, 2.45) is 0 Å². The maximum atomic E-state index is 6.17. The molecule has 0 fully saturated rings. The summed E-state index contributed by atoms with van der Waals surface area (Å²) in [6.07, 6.45) is 3.54. The van der Waals surface area contributed by atoms with E-state index >= 15 is 0 Å². The lowest BCUT2D eigenvalue weighted by atomic mass is 10.1. The SMILES string of the molecule is CCCC(CCNC)Oc1cc(C)c(Cl)c(C)c1.Cl. The average molecular weight is 306 g/mol. The molecule has 0 aliphatic heterocycles. The number of ether oxygens (including phenoxy) is 1. The smallest absolute Gasteiger partial charge is 0.120 e. The number of nitrogens with one attached hydrogen (secondary N) is 1. The molecule has 0 aliphatic rings. The Morgan fingerprint density at radius 3 is 2.26 bits per heavy atom. The Hall–Kier alpha value is -0.440. The Labute approximate surface area is 128 Å². The highest BCUT2D eigenvalue weighted by Gasteiger charge is 2.11. The monoisotopic (exact) mass is 305 g/mol. The number of halogens is 2. The van der Waals surface area contributed by atoms with Crippen LogP contribution in [0.1, 0.15) is 37.3 Å². The van der Waals surface area contributed by atoms with Gasteiger partial charge in [0.2, 0.25) is 0 Å². The van der Waals surface area contributed by atoms with Crippen molar-refractivity contribution in [3.05, 3.63) is 28.3 Å². The molecule has 1 aromatic rings. The second-order valence-electron chi connectivity index (χ2n) is 4.79. The molecule has 1 unspecified atom stereocenters. The molecule has 0 radical (unpaired) electrons. The summed E-state index contributed by atoms with van der Waals surface area (Å²) in [5, 5.41) is 4.01. The Morgan fingerprint density at radius 2 is 1.79 bits per heavy atom. The van der Waals surface area contributed by atoms with Gasteiger partial charge in [-0.3, -0.25) is 0 Å². The van der Waals surface area contributed by atoms with Gasteiger partial charge in [-0.2, -0.15) is 0 Å². The molecule has 1 aromatic carbocycles. The maximum absolute atomic E-state index is 6.17. The fraction of sp³-hybridized carbons (Fsp3) is 0.600. The van der Waals surface area contributed by atoms with Crippen LogP contribution in [0.15, 0.2) is 12.1 Å². The first-order valence-corrected chi connectivity index (χ1v) is 7.04. The first-order chi connectivity index (χ1) is 8.58.